The number of likely N-dealkylation sites (tertiary alicyclic amines) is 1. The van der Waals surface area contributed by atoms with E-state index in [1.165, 1.54) is 71.0 Å². The van der Waals surface area contributed by atoms with E-state index in [0.717, 1.165) is 42.4 Å². The lowest BCUT2D eigenvalue weighted by molar-refractivity contribution is -0.0595. The van der Waals surface area contributed by atoms with Crippen LogP contribution in [0.15, 0.2) is 11.6 Å². The molecule has 4 fully saturated rings. The van der Waals surface area contributed by atoms with Gasteiger partial charge in [0.1, 0.15) is 0 Å². The zero-order valence-corrected chi connectivity index (χ0v) is 21.1. The third kappa shape index (κ3) is 3.76. The second-order valence-corrected chi connectivity index (χ2v) is 13.9. The molecule has 1 aliphatic heterocycles. The lowest BCUT2D eigenvalue weighted by atomic mass is 9.47. The molecule has 0 aromatic heterocycles. The quantitative estimate of drug-likeness (QED) is 0.508. The van der Waals surface area contributed by atoms with E-state index >= 15 is 0 Å². The fourth-order valence-electron chi connectivity index (χ4n) is 9.85. The molecule has 0 amide bonds. The lowest BCUT2D eigenvalue weighted by Gasteiger charge is -2.58. The maximum absolute atomic E-state index is 10.3. The van der Waals surface area contributed by atoms with Gasteiger partial charge in [-0.2, -0.15) is 0 Å². The smallest absolute Gasteiger partial charge is 0.0577 e. The predicted molar refractivity (Wildman–Crippen MR) is 130 cm³/mol. The molecule has 5 rings (SSSR count). The van der Waals surface area contributed by atoms with Crippen LogP contribution >= 0.6 is 0 Å². The average Bonchev–Trinajstić information content (AvgIpc) is 3.05. The summed E-state index contributed by atoms with van der Waals surface area (Å²) in [6.45, 7) is 16.7. The van der Waals surface area contributed by atoms with Gasteiger partial charge >= 0.3 is 0 Å². The maximum atomic E-state index is 10.3. The van der Waals surface area contributed by atoms with Crippen LogP contribution in [0.3, 0.4) is 0 Å². The van der Waals surface area contributed by atoms with E-state index in [4.69, 9.17) is 0 Å². The molecule has 0 unspecified atom stereocenters. The molecule has 4 aliphatic carbocycles. The molecular formula is C29H49NO. The van der Waals surface area contributed by atoms with E-state index in [0.29, 0.717) is 16.2 Å². The van der Waals surface area contributed by atoms with E-state index in [2.05, 4.69) is 45.6 Å². The summed E-state index contributed by atoms with van der Waals surface area (Å²) in [7, 11) is 0. The van der Waals surface area contributed by atoms with Crippen molar-refractivity contribution >= 4 is 0 Å². The van der Waals surface area contributed by atoms with E-state index in [-0.39, 0.29) is 6.10 Å². The fraction of sp³-hybridized carbons (Fsp3) is 0.931. The Morgan fingerprint density at radius 2 is 1.84 bits per heavy atom. The number of hydrogen-bond acceptors (Lipinski definition) is 2. The van der Waals surface area contributed by atoms with Gasteiger partial charge in [-0.25, -0.2) is 0 Å². The molecule has 0 spiro atoms. The van der Waals surface area contributed by atoms with E-state index in [1.807, 2.05) is 0 Å². The Hall–Kier alpha value is -0.340. The molecule has 0 radical (unpaired) electrons. The van der Waals surface area contributed by atoms with Gasteiger partial charge in [0, 0.05) is 13.1 Å². The number of fused-ring (bicyclic) bond motifs is 5. The van der Waals surface area contributed by atoms with Gasteiger partial charge in [0.25, 0.3) is 0 Å². The third-order valence-corrected chi connectivity index (χ3v) is 11.4. The summed E-state index contributed by atoms with van der Waals surface area (Å²) in [5.74, 6) is 4.44. The van der Waals surface area contributed by atoms with Crippen molar-refractivity contribution in [1.82, 2.24) is 4.90 Å². The highest BCUT2D eigenvalue weighted by molar-refractivity contribution is 5.25. The molecule has 8 atom stereocenters. The lowest BCUT2D eigenvalue weighted by Crippen LogP contribution is -2.51. The van der Waals surface area contributed by atoms with Gasteiger partial charge in [-0.05, 0) is 117 Å². The van der Waals surface area contributed by atoms with Gasteiger partial charge in [-0.1, -0.05) is 46.3 Å². The van der Waals surface area contributed by atoms with Crippen LogP contribution in [0.2, 0.25) is 0 Å². The monoisotopic (exact) mass is 427 g/mol. The van der Waals surface area contributed by atoms with Crippen LogP contribution in [0.5, 0.6) is 0 Å². The molecular weight excluding hydrogens is 378 g/mol. The summed E-state index contributed by atoms with van der Waals surface area (Å²) in [5, 5.41) is 10.3. The molecule has 0 aromatic carbocycles. The van der Waals surface area contributed by atoms with Crippen molar-refractivity contribution in [1.29, 1.82) is 0 Å². The van der Waals surface area contributed by atoms with Crippen LogP contribution in [0.4, 0.5) is 0 Å². The van der Waals surface area contributed by atoms with E-state index in [9.17, 15) is 5.11 Å². The number of piperidine rings is 1. The van der Waals surface area contributed by atoms with Crippen LogP contribution in [0, 0.1) is 45.8 Å². The summed E-state index contributed by atoms with van der Waals surface area (Å²) in [6.07, 6.45) is 15.6. The minimum atomic E-state index is -0.0822. The van der Waals surface area contributed by atoms with Crippen molar-refractivity contribution in [2.75, 3.05) is 19.6 Å². The molecule has 0 aromatic rings. The second kappa shape index (κ2) is 7.86. The van der Waals surface area contributed by atoms with Crippen LogP contribution in [-0.4, -0.2) is 35.7 Å². The average molecular weight is 428 g/mol. The van der Waals surface area contributed by atoms with Gasteiger partial charge < -0.3 is 10.0 Å². The summed E-state index contributed by atoms with van der Waals surface area (Å²) in [4.78, 5) is 2.81. The topological polar surface area (TPSA) is 23.5 Å². The van der Waals surface area contributed by atoms with Gasteiger partial charge in [0.15, 0.2) is 0 Å². The molecule has 2 heteroatoms. The first-order chi connectivity index (χ1) is 14.6. The Morgan fingerprint density at radius 3 is 2.61 bits per heavy atom. The minimum absolute atomic E-state index is 0.0822. The zero-order chi connectivity index (χ0) is 22.0. The van der Waals surface area contributed by atoms with E-state index in [1.54, 1.807) is 5.57 Å². The second-order valence-electron chi connectivity index (χ2n) is 13.9. The molecule has 1 saturated heterocycles. The van der Waals surface area contributed by atoms with Gasteiger partial charge in [0.05, 0.1) is 6.10 Å². The Bertz CT molecular complexity index is 712. The van der Waals surface area contributed by atoms with Crippen molar-refractivity contribution in [3.8, 4) is 0 Å². The molecule has 3 saturated carbocycles. The number of rotatable bonds is 3. The van der Waals surface area contributed by atoms with Crippen LogP contribution in [0.1, 0.15) is 98.8 Å². The fourth-order valence-corrected chi connectivity index (χ4v) is 9.85. The minimum Gasteiger partial charge on any atom is -0.393 e. The largest absolute Gasteiger partial charge is 0.393 e. The summed E-state index contributed by atoms with van der Waals surface area (Å²) in [5.41, 5.74) is 3.06. The predicted octanol–water partition coefficient (Wildman–Crippen LogP) is 6.68. The Labute approximate surface area is 192 Å². The normalized spacial score (nSPS) is 48.3. The highest BCUT2D eigenvalue weighted by atomic mass is 16.3. The Balaban J connectivity index is 1.31. The summed E-state index contributed by atoms with van der Waals surface area (Å²) >= 11 is 0. The number of aliphatic hydroxyl groups is 1. The maximum Gasteiger partial charge on any atom is 0.0577 e. The van der Waals surface area contributed by atoms with Crippen LogP contribution in [0.25, 0.3) is 0 Å². The van der Waals surface area contributed by atoms with E-state index < -0.39 is 0 Å². The first-order valence-corrected chi connectivity index (χ1v) is 13.7. The zero-order valence-electron chi connectivity index (χ0n) is 21.1. The molecule has 31 heavy (non-hydrogen) atoms. The molecule has 1 heterocycles. The Kier molecular flexibility index (Phi) is 5.70. The van der Waals surface area contributed by atoms with Gasteiger partial charge in [-0.15, -0.1) is 0 Å². The molecule has 1 N–H and O–H groups in total. The standard InChI is InChI=1S/C29H49NO/c1-20(18-30-16-6-13-27(2,3)19-30)24-9-10-25-23-8-7-21-17-22(31)11-14-28(21,4)26(23)12-15-29(24,25)5/h7,20,22-26,31H,6,8-19H2,1-5H3/t20-,22+,23+,24-,25+,26+,28+,29-/m1/s1. The molecule has 0 bridgehead atoms. The van der Waals surface area contributed by atoms with Crippen molar-refractivity contribution in [2.45, 2.75) is 105 Å². The third-order valence-electron chi connectivity index (χ3n) is 11.4. The van der Waals surface area contributed by atoms with Crippen LogP contribution in [-0.2, 0) is 0 Å². The highest BCUT2D eigenvalue weighted by Gasteiger charge is 2.59. The number of hydrogen-bond donors (Lipinski definition) is 1. The summed E-state index contributed by atoms with van der Waals surface area (Å²) < 4.78 is 0. The number of nitrogens with zero attached hydrogens (tertiary/aromatic N) is 1. The number of aliphatic hydroxyl groups excluding tert-OH is 1. The van der Waals surface area contributed by atoms with Gasteiger partial charge in [0.2, 0.25) is 0 Å². The Morgan fingerprint density at radius 1 is 1.03 bits per heavy atom. The SMILES string of the molecule is C[C@H](CN1CCCC(C)(C)C1)[C@H]1CC[C@H]2[C@@H]3CC=C4C[C@@H](O)CC[C@]4(C)[C@H]3CC[C@]12C. The molecule has 2 nitrogen and oxygen atoms in total. The van der Waals surface area contributed by atoms with Gasteiger partial charge in [-0.3, -0.25) is 0 Å². The molecule has 176 valence electrons. The number of allylic oxidation sites excluding steroid dienone is 1. The molecule has 5 aliphatic rings. The van der Waals surface area contributed by atoms with Crippen molar-refractivity contribution in [2.24, 2.45) is 45.8 Å². The van der Waals surface area contributed by atoms with Crippen molar-refractivity contribution in [3.63, 3.8) is 0 Å². The highest BCUT2D eigenvalue weighted by Crippen LogP contribution is 2.67. The van der Waals surface area contributed by atoms with Crippen molar-refractivity contribution < 1.29 is 5.11 Å². The van der Waals surface area contributed by atoms with Crippen LogP contribution < -0.4 is 0 Å². The van der Waals surface area contributed by atoms with Crippen molar-refractivity contribution in [3.05, 3.63) is 11.6 Å². The first-order valence-electron chi connectivity index (χ1n) is 13.7. The first kappa shape index (κ1) is 22.5. The summed E-state index contributed by atoms with van der Waals surface area (Å²) in [6, 6.07) is 0.